The van der Waals surface area contributed by atoms with Crippen LogP contribution in [0, 0.1) is 5.92 Å². The lowest BCUT2D eigenvalue weighted by atomic mass is 9.91. The second-order valence-corrected chi connectivity index (χ2v) is 4.21. The Labute approximate surface area is 90.6 Å². The number of hydrogen-bond donors (Lipinski definition) is 1. The van der Waals surface area contributed by atoms with E-state index in [9.17, 15) is 0 Å². The lowest BCUT2D eigenvalue weighted by Crippen LogP contribution is -2.29. The van der Waals surface area contributed by atoms with E-state index in [1.807, 2.05) is 25.0 Å². The van der Waals surface area contributed by atoms with Gasteiger partial charge in [-0.25, -0.2) is 0 Å². The summed E-state index contributed by atoms with van der Waals surface area (Å²) in [7, 11) is 3.94. The number of aryl methyl sites for hydroxylation is 1. The zero-order valence-electron chi connectivity index (χ0n) is 9.60. The van der Waals surface area contributed by atoms with E-state index in [-0.39, 0.29) is 0 Å². The molecule has 1 aromatic rings. The van der Waals surface area contributed by atoms with E-state index in [1.165, 1.54) is 0 Å². The molecule has 0 aliphatic carbocycles. The van der Waals surface area contributed by atoms with Crippen molar-refractivity contribution >= 4 is 0 Å². The summed E-state index contributed by atoms with van der Waals surface area (Å²) in [5.41, 5.74) is 1.11. The van der Waals surface area contributed by atoms with Crippen molar-refractivity contribution in [1.29, 1.82) is 0 Å². The van der Waals surface area contributed by atoms with E-state index in [4.69, 9.17) is 4.74 Å². The smallest absolute Gasteiger partial charge is 0.0797 e. The molecule has 0 aromatic carbocycles. The Hall–Kier alpha value is -0.870. The zero-order chi connectivity index (χ0) is 10.8. The largest absolute Gasteiger partial charge is 0.378 e. The third-order valence-corrected chi connectivity index (χ3v) is 3.23. The van der Waals surface area contributed by atoms with Gasteiger partial charge in [-0.3, -0.25) is 4.68 Å². The molecular formula is C11H19N3O. The van der Waals surface area contributed by atoms with Crippen LogP contribution in [0.5, 0.6) is 0 Å². The molecule has 0 saturated carbocycles. The van der Waals surface area contributed by atoms with Crippen LogP contribution in [0.1, 0.15) is 25.1 Å². The van der Waals surface area contributed by atoms with Gasteiger partial charge in [0.1, 0.15) is 0 Å². The van der Waals surface area contributed by atoms with Crippen LogP contribution in [0.3, 0.4) is 0 Å². The van der Waals surface area contributed by atoms with Crippen molar-refractivity contribution < 1.29 is 4.74 Å². The summed E-state index contributed by atoms with van der Waals surface area (Å²) in [6, 6.07) is 2.38. The quantitative estimate of drug-likeness (QED) is 0.810. The number of aromatic nitrogens is 2. The monoisotopic (exact) mass is 209 g/mol. The molecule has 0 spiro atoms. The molecule has 3 unspecified atom stereocenters. The summed E-state index contributed by atoms with van der Waals surface area (Å²) in [6.45, 7) is 3.02. The second-order valence-electron chi connectivity index (χ2n) is 4.21. The van der Waals surface area contributed by atoms with Crippen LogP contribution in [-0.4, -0.2) is 29.5 Å². The van der Waals surface area contributed by atoms with E-state index in [2.05, 4.69) is 23.4 Å². The Morgan fingerprint density at radius 2 is 2.47 bits per heavy atom. The minimum absolute atomic E-state index is 0.309. The van der Waals surface area contributed by atoms with Crippen LogP contribution >= 0.6 is 0 Å². The number of ether oxygens (including phenoxy) is 1. The predicted octanol–water partition coefficient (Wildman–Crippen LogP) is 1.11. The SMILES string of the molecule is CNC(c1ccn(C)n1)C1CCOC1C. The van der Waals surface area contributed by atoms with E-state index in [0.29, 0.717) is 18.1 Å². The lowest BCUT2D eigenvalue weighted by Gasteiger charge is -2.23. The summed E-state index contributed by atoms with van der Waals surface area (Å²) < 4.78 is 7.45. The fourth-order valence-electron chi connectivity index (χ4n) is 2.37. The van der Waals surface area contributed by atoms with Crippen LogP contribution in [-0.2, 0) is 11.8 Å². The molecule has 2 rings (SSSR count). The molecule has 3 atom stereocenters. The maximum Gasteiger partial charge on any atom is 0.0797 e. The van der Waals surface area contributed by atoms with Gasteiger partial charge in [0, 0.05) is 25.8 Å². The third-order valence-electron chi connectivity index (χ3n) is 3.23. The molecule has 84 valence electrons. The van der Waals surface area contributed by atoms with Gasteiger partial charge in [0.2, 0.25) is 0 Å². The lowest BCUT2D eigenvalue weighted by molar-refractivity contribution is 0.0957. The molecule has 1 N–H and O–H groups in total. The molecule has 1 aromatic heterocycles. The van der Waals surface area contributed by atoms with Crippen molar-refractivity contribution in [2.24, 2.45) is 13.0 Å². The minimum atomic E-state index is 0.309. The Morgan fingerprint density at radius 3 is 2.93 bits per heavy atom. The van der Waals surface area contributed by atoms with Crippen molar-refractivity contribution in [3.63, 3.8) is 0 Å². The highest BCUT2D eigenvalue weighted by molar-refractivity contribution is 5.08. The zero-order valence-corrected chi connectivity index (χ0v) is 9.60. The highest BCUT2D eigenvalue weighted by atomic mass is 16.5. The normalized spacial score (nSPS) is 28.2. The number of rotatable bonds is 3. The highest BCUT2D eigenvalue weighted by Crippen LogP contribution is 2.32. The third kappa shape index (κ3) is 2.06. The minimum Gasteiger partial charge on any atom is -0.378 e. The first-order valence-corrected chi connectivity index (χ1v) is 5.51. The summed E-state index contributed by atoms with van der Waals surface area (Å²) in [5, 5.41) is 7.81. The standard InChI is InChI=1S/C11H19N3O/c1-8-9(5-7-15-8)11(12-2)10-4-6-14(3)13-10/h4,6,8-9,11-12H,5,7H2,1-3H3. The molecule has 15 heavy (non-hydrogen) atoms. The second kappa shape index (κ2) is 4.33. The Balaban J connectivity index is 2.16. The average Bonchev–Trinajstić information content (AvgIpc) is 2.79. The molecule has 0 bridgehead atoms. The van der Waals surface area contributed by atoms with Crippen LogP contribution in [0.4, 0.5) is 0 Å². The Kier molecular flexibility index (Phi) is 3.07. The van der Waals surface area contributed by atoms with Crippen molar-refractivity contribution in [1.82, 2.24) is 15.1 Å². The molecule has 1 aliphatic rings. The van der Waals surface area contributed by atoms with Gasteiger partial charge in [-0.1, -0.05) is 0 Å². The van der Waals surface area contributed by atoms with Gasteiger partial charge < -0.3 is 10.1 Å². The van der Waals surface area contributed by atoms with E-state index >= 15 is 0 Å². The maximum atomic E-state index is 5.60. The molecule has 4 heteroatoms. The predicted molar refractivity (Wildman–Crippen MR) is 58.5 cm³/mol. The molecule has 1 fully saturated rings. The maximum absolute atomic E-state index is 5.60. The fourth-order valence-corrected chi connectivity index (χ4v) is 2.37. The Morgan fingerprint density at radius 1 is 1.67 bits per heavy atom. The first-order valence-electron chi connectivity index (χ1n) is 5.51. The summed E-state index contributed by atoms with van der Waals surface area (Å²) in [5.74, 6) is 0.532. The van der Waals surface area contributed by atoms with Crippen molar-refractivity contribution in [2.75, 3.05) is 13.7 Å². The van der Waals surface area contributed by atoms with Crippen LogP contribution < -0.4 is 5.32 Å². The van der Waals surface area contributed by atoms with Gasteiger partial charge >= 0.3 is 0 Å². The summed E-state index contributed by atoms with van der Waals surface area (Å²) in [4.78, 5) is 0. The molecule has 0 radical (unpaired) electrons. The molecule has 2 heterocycles. The molecular weight excluding hydrogens is 190 g/mol. The van der Waals surface area contributed by atoms with Gasteiger partial charge in [-0.2, -0.15) is 5.10 Å². The van der Waals surface area contributed by atoms with Crippen LogP contribution in [0.15, 0.2) is 12.3 Å². The fraction of sp³-hybridized carbons (Fsp3) is 0.727. The van der Waals surface area contributed by atoms with E-state index in [1.54, 1.807) is 0 Å². The van der Waals surface area contributed by atoms with Gasteiger partial charge in [-0.05, 0) is 26.5 Å². The first kappa shape index (κ1) is 10.6. The van der Waals surface area contributed by atoms with Crippen LogP contribution in [0.2, 0.25) is 0 Å². The van der Waals surface area contributed by atoms with Crippen molar-refractivity contribution in [3.05, 3.63) is 18.0 Å². The highest BCUT2D eigenvalue weighted by Gasteiger charge is 2.32. The van der Waals surface area contributed by atoms with Gasteiger partial charge in [0.15, 0.2) is 0 Å². The van der Waals surface area contributed by atoms with E-state index in [0.717, 1.165) is 18.7 Å². The Bertz CT molecular complexity index is 323. The van der Waals surface area contributed by atoms with Crippen molar-refractivity contribution in [3.8, 4) is 0 Å². The molecule has 0 amide bonds. The topological polar surface area (TPSA) is 39.1 Å². The number of hydrogen-bond acceptors (Lipinski definition) is 3. The summed E-state index contributed by atoms with van der Waals surface area (Å²) >= 11 is 0. The average molecular weight is 209 g/mol. The van der Waals surface area contributed by atoms with Gasteiger partial charge in [0.05, 0.1) is 17.8 Å². The van der Waals surface area contributed by atoms with Crippen LogP contribution in [0.25, 0.3) is 0 Å². The van der Waals surface area contributed by atoms with Crippen molar-refractivity contribution in [2.45, 2.75) is 25.5 Å². The molecule has 1 saturated heterocycles. The number of nitrogens with one attached hydrogen (secondary N) is 1. The molecule has 1 aliphatic heterocycles. The van der Waals surface area contributed by atoms with Gasteiger partial charge in [-0.15, -0.1) is 0 Å². The van der Waals surface area contributed by atoms with E-state index < -0.39 is 0 Å². The number of nitrogens with zero attached hydrogens (tertiary/aromatic N) is 2. The first-order chi connectivity index (χ1) is 7.22. The summed E-state index contributed by atoms with van der Waals surface area (Å²) in [6.07, 6.45) is 3.42. The van der Waals surface area contributed by atoms with Gasteiger partial charge in [0.25, 0.3) is 0 Å². The molecule has 4 nitrogen and oxygen atoms in total.